The zero-order chi connectivity index (χ0) is 19.0. The van der Waals surface area contributed by atoms with Gasteiger partial charge in [-0.2, -0.15) is 0 Å². The maximum atomic E-state index is 12.8. The number of hydrogen-bond acceptors (Lipinski definition) is 6. The first-order valence-electron chi connectivity index (χ1n) is 8.94. The minimum absolute atomic E-state index is 0. The van der Waals surface area contributed by atoms with Gasteiger partial charge in [-0.3, -0.25) is 9.59 Å². The molecule has 0 spiro atoms. The number of nitrogens with one attached hydrogen (secondary N) is 2. The highest BCUT2D eigenvalue weighted by Gasteiger charge is 2.30. The standard InChI is InChI=1S/C18H26N4O2S2.ClH/c1-9-12(4)26-17-15(9)16(23)20-14(21-17)8-25-13(5)18(24)22-7-6-19-10(2)11(22)3;/h10-11,13,19H,6-8H2,1-5H3,(H,20,21,23);1H. The molecular formula is C18H27ClN4O2S2. The van der Waals surface area contributed by atoms with Gasteiger partial charge in [-0.1, -0.05) is 0 Å². The third kappa shape index (κ3) is 4.50. The van der Waals surface area contributed by atoms with Crippen molar-refractivity contribution in [3.63, 3.8) is 0 Å². The normalized spacial score (nSPS) is 21.1. The highest BCUT2D eigenvalue weighted by molar-refractivity contribution is 7.99. The van der Waals surface area contributed by atoms with Crippen LogP contribution in [0.1, 0.15) is 37.0 Å². The topological polar surface area (TPSA) is 78.1 Å². The first-order chi connectivity index (χ1) is 12.3. The largest absolute Gasteiger partial charge is 0.336 e. The number of aromatic nitrogens is 2. The van der Waals surface area contributed by atoms with E-state index < -0.39 is 0 Å². The lowest BCUT2D eigenvalue weighted by molar-refractivity contribution is -0.133. The van der Waals surface area contributed by atoms with Gasteiger partial charge in [0.15, 0.2) is 0 Å². The molecule has 1 aliphatic heterocycles. The smallest absolute Gasteiger partial charge is 0.259 e. The summed E-state index contributed by atoms with van der Waals surface area (Å²) in [5.41, 5.74) is 0.916. The van der Waals surface area contributed by atoms with E-state index in [0.717, 1.165) is 28.4 Å². The number of thiophene rings is 1. The van der Waals surface area contributed by atoms with Gasteiger partial charge in [-0.15, -0.1) is 35.5 Å². The van der Waals surface area contributed by atoms with Crippen molar-refractivity contribution in [2.75, 3.05) is 13.1 Å². The lowest BCUT2D eigenvalue weighted by atomic mass is 10.1. The molecule has 3 heterocycles. The summed E-state index contributed by atoms with van der Waals surface area (Å²) in [4.78, 5) is 36.5. The van der Waals surface area contributed by atoms with Crippen molar-refractivity contribution in [2.24, 2.45) is 0 Å². The SMILES string of the molecule is Cc1sc2nc(CSC(C)C(=O)N3CCNC(C)C3C)[nH]c(=O)c2c1C.Cl. The summed E-state index contributed by atoms with van der Waals surface area (Å²) in [5.74, 6) is 1.31. The molecule has 2 aromatic rings. The zero-order valence-electron chi connectivity index (χ0n) is 16.3. The second-order valence-electron chi connectivity index (χ2n) is 6.94. The van der Waals surface area contributed by atoms with Crippen molar-refractivity contribution in [1.29, 1.82) is 0 Å². The number of fused-ring (bicyclic) bond motifs is 1. The predicted molar refractivity (Wildman–Crippen MR) is 116 cm³/mol. The first kappa shape index (κ1) is 22.2. The van der Waals surface area contributed by atoms with Crippen molar-refractivity contribution < 1.29 is 4.79 Å². The molecule has 0 bridgehead atoms. The molecule has 1 amide bonds. The number of halogens is 1. The van der Waals surface area contributed by atoms with Gasteiger partial charge in [-0.25, -0.2) is 4.98 Å². The molecule has 1 saturated heterocycles. The molecule has 3 unspecified atom stereocenters. The number of amides is 1. The predicted octanol–water partition coefficient (Wildman–Crippen LogP) is 2.85. The van der Waals surface area contributed by atoms with Crippen molar-refractivity contribution >= 4 is 51.6 Å². The van der Waals surface area contributed by atoms with E-state index in [0.29, 0.717) is 23.0 Å². The van der Waals surface area contributed by atoms with Gasteiger partial charge >= 0.3 is 0 Å². The summed E-state index contributed by atoms with van der Waals surface area (Å²) in [7, 11) is 0. The van der Waals surface area contributed by atoms with Crippen molar-refractivity contribution in [2.45, 2.75) is 57.7 Å². The molecular weight excluding hydrogens is 404 g/mol. The monoisotopic (exact) mass is 430 g/mol. The van der Waals surface area contributed by atoms with E-state index in [4.69, 9.17) is 0 Å². The van der Waals surface area contributed by atoms with E-state index in [-0.39, 0.29) is 35.2 Å². The number of carbonyl (C=O) groups excluding carboxylic acids is 1. The van der Waals surface area contributed by atoms with Crippen molar-refractivity contribution in [3.8, 4) is 0 Å². The number of carbonyl (C=O) groups is 1. The molecule has 2 aromatic heterocycles. The molecule has 0 aromatic carbocycles. The first-order valence-corrected chi connectivity index (χ1v) is 10.8. The summed E-state index contributed by atoms with van der Waals surface area (Å²) in [6.45, 7) is 11.7. The highest BCUT2D eigenvalue weighted by Crippen LogP contribution is 2.27. The van der Waals surface area contributed by atoms with E-state index in [2.05, 4.69) is 29.1 Å². The molecule has 0 saturated carbocycles. The summed E-state index contributed by atoms with van der Waals surface area (Å²) >= 11 is 3.07. The zero-order valence-corrected chi connectivity index (χ0v) is 18.7. The van der Waals surface area contributed by atoms with Gasteiger partial charge in [0.25, 0.3) is 5.56 Å². The molecule has 27 heavy (non-hydrogen) atoms. The van der Waals surface area contributed by atoms with Crippen molar-refractivity contribution in [1.82, 2.24) is 20.2 Å². The molecule has 6 nitrogen and oxygen atoms in total. The Labute approximate surface area is 173 Å². The van der Waals surface area contributed by atoms with E-state index in [1.807, 2.05) is 25.7 Å². The van der Waals surface area contributed by atoms with Gasteiger partial charge in [0, 0.05) is 30.1 Å². The number of rotatable bonds is 4. The third-order valence-corrected chi connectivity index (χ3v) is 7.47. The average molecular weight is 431 g/mol. The van der Waals surface area contributed by atoms with Gasteiger partial charge in [0.2, 0.25) is 5.91 Å². The summed E-state index contributed by atoms with van der Waals surface area (Å²) in [5, 5.41) is 3.91. The molecule has 3 atom stereocenters. The summed E-state index contributed by atoms with van der Waals surface area (Å²) < 4.78 is 0. The van der Waals surface area contributed by atoms with Crippen molar-refractivity contribution in [3.05, 3.63) is 26.6 Å². The van der Waals surface area contributed by atoms with Crippen LogP contribution in [0.3, 0.4) is 0 Å². The molecule has 150 valence electrons. The lowest BCUT2D eigenvalue weighted by Gasteiger charge is -2.39. The maximum Gasteiger partial charge on any atom is 0.259 e. The number of thioether (sulfide) groups is 1. The Hall–Kier alpha value is -1.09. The Balaban J connectivity index is 0.00000261. The summed E-state index contributed by atoms with van der Waals surface area (Å²) in [6.07, 6.45) is 0. The van der Waals surface area contributed by atoms with E-state index >= 15 is 0 Å². The number of aromatic amines is 1. The number of nitrogens with zero attached hydrogens (tertiary/aromatic N) is 2. The minimum Gasteiger partial charge on any atom is -0.336 e. The van der Waals surface area contributed by atoms with E-state index in [1.54, 1.807) is 11.3 Å². The molecule has 0 aliphatic carbocycles. The Kier molecular flexibility index (Phi) is 7.35. The second-order valence-corrected chi connectivity index (χ2v) is 9.48. The maximum absolute atomic E-state index is 12.8. The van der Waals surface area contributed by atoms with Crippen LogP contribution < -0.4 is 10.9 Å². The number of piperazine rings is 1. The van der Waals surface area contributed by atoms with Crippen LogP contribution in [-0.2, 0) is 10.5 Å². The molecule has 1 aliphatic rings. The average Bonchev–Trinajstić information content (AvgIpc) is 2.89. The number of aryl methyl sites for hydroxylation is 2. The Morgan fingerprint density at radius 1 is 1.41 bits per heavy atom. The molecule has 2 N–H and O–H groups in total. The molecule has 1 fully saturated rings. The van der Waals surface area contributed by atoms with Crippen LogP contribution in [-0.4, -0.2) is 51.2 Å². The molecule has 9 heteroatoms. The number of hydrogen-bond donors (Lipinski definition) is 2. The van der Waals surface area contributed by atoms with Crippen LogP contribution in [0.15, 0.2) is 4.79 Å². The fourth-order valence-corrected chi connectivity index (χ4v) is 5.12. The second kappa shape index (κ2) is 8.94. The van der Waals surface area contributed by atoms with E-state index in [9.17, 15) is 9.59 Å². The van der Waals surface area contributed by atoms with Gasteiger partial charge < -0.3 is 15.2 Å². The minimum atomic E-state index is -0.171. The Bertz CT molecular complexity index is 882. The lowest BCUT2D eigenvalue weighted by Crippen LogP contribution is -2.58. The third-order valence-electron chi connectivity index (χ3n) is 5.22. The van der Waals surface area contributed by atoms with Crippen LogP contribution in [0.5, 0.6) is 0 Å². The fraction of sp³-hybridized carbons (Fsp3) is 0.611. The van der Waals surface area contributed by atoms with Gasteiger partial charge in [-0.05, 0) is 40.2 Å². The van der Waals surface area contributed by atoms with Gasteiger partial charge in [0.05, 0.1) is 16.4 Å². The number of H-pyrrole nitrogens is 1. The van der Waals surface area contributed by atoms with Crippen LogP contribution >= 0.6 is 35.5 Å². The quantitative estimate of drug-likeness (QED) is 0.779. The molecule has 0 radical (unpaired) electrons. The summed E-state index contributed by atoms with van der Waals surface area (Å²) in [6, 6.07) is 0.487. The van der Waals surface area contributed by atoms with Crippen LogP contribution in [0.25, 0.3) is 10.2 Å². The van der Waals surface area contributed by atoms with Crippen LogP contribution in [0.4, 0.5) is 0 Å². The van der Waals surface area contributed by atoms with Crippen LogP contribution in [0, 0.1) is 13.8 Å². The van der Waals surface area contributed by atoms with Gasteiger partial charge in [0.1, 0.15) is 10.7 Å². The van der Waals surface area contributed by atoms with Crippen LogP contribution in [0.2, 0.25) is 0 Å². The van der Waals surface area contributed by atoms with E-state index in [1.165, 1.54) is 11.8 Å². The highest BCUT2D eigenvalue weighted by atomic mass is 35.5. The molecule has 3 rings (SSSR count). The Morgan fingerprint density at radius 3 is 2.81 bits per heavy atom. The fourth-order valence-electron chi connectivity index (χ4n) is 3.24. The Morgan fingerprint density at radius 2 is 2.11 bits per heavy atom.